The molecule has 1 unspecified atom stereocenters. The van der Waals surface area contributed by atoms with Gasteiger partial charge in [0, 0.05) is 32.1 Å². The molecule has 1 saturated carbocycles. The van der Waals surface area contributed by atoms with E-state index in [1.165, 1.54) is 20.2 Å². The monoisotopic (exact) mass is 574 g/mol. The zero-order valence-corrected chi connectivity index (χ0v) is 24.4. The highest BCUT2D eigenvalue weighted by Gasteiger charge is 2.33. The first-order chi connectivity index (χ1) is 19.9. The molecule has 2 N–H and O–H groups in total. The maximum atomic E-state index is 13.4. The fraction of sp³-hybridized carbons (Fsp3) is 0.379. The second-order valence-corrected chi connectivity index (χ2v) is 11.1. The summed E-state index contributed by atoms with van der Waals surface area (Å²) in [5.41, 5.74) is 1.30. The van der Waals surface area contributed by atoms with E-state index < -0.39 is 17.6 Å². The van der Waals surface area contributed by atoms with Crippen molar-refractivity contribution in [1.82, 2.24) is 29.5 Å². The lowest BCUT2D eigenvalue weighted by atomic mass is 9.89. The number of pyridine rings is 2. The Morgan fingerprint density at radius 3 is 2.55 bits per heavy atom. The van der Waals surface area contributed by atoms with Gasteiger partial charge < -0.3 is 20.1 Å². The van der Waals surface area contributed by atoms with E-state index >= 15 is 0 Å². The van der Waals surface area contributed by atoms with Crippen LogP contribution in [-0.4, -0.2) is 68.1 Å². The smallest absolute Gasteiger partial charge is 0.414 e. The van der Waals surface area contributed by atoms with Crippen molar-refractivity contribution in [2.45, 2.75) is 58.3 Å². The van der Waals surface area contributed by atoms with Crippen molar-refractivity contribution in [1.29, 1.82) is 0 Å². The first kappa shape index (κ1) is 28.7. The van der Waals surface area contributed by atoms with Crippen LogP contribution in [0.3, 0.4) is 0 Å². The molecule has 4 aromatic heterocycles. The van der Waals surface area contributed by atoms with Crippen LogP contribution in [0.4, 0.5) is 22.0 Å². The van der Waals surface area contributed by atoms with Crippen LogP contribution >= 0.6 is 0 Å². The number of carbonyl (C=O) groups is 2. The van der Waals surface area contributed by atoms with E-state index in [4.69, 9.17) is 9.47 Å². The number of anilines is 3. The third-order valence-corrected chi connectivity index (χ3v) is 6.92. The van der Waals surface area contributed by atoms with E-state index in [-0.39, 0.29) is 40.6 Å². The number of methoxy groups -OCH3 is 1. The summed E-state index contributed by atoms with van der Waals surface area (Å²) < 4.78 is 13.8. The van der Waals surface area contributed by atoms with Gasteiger partial charge in [0.2, 0.25) is 0 Å². The number of carbonyl (C=O) groups excluding carboxylic acids is 2. The maximum absolute atomic E-state index is 13.4. The first-order valence-corrected chi connectivity index (χ1v) is 13.6. The van der Waals surface area contributed by atoms with E-state index in [9.17, 15) is 14.4 Å². The average Bonchev–Trinajstić information content (AvgIpc) is 3.35. The minimum Gasteiger partial charge on any atom is -0.443 e. The number of amides is 2. The van der Waals surface area contributed by atoms with E-state index in [0.29, 0.717) is 11.4 Å². The van der Waals surface area contributed by atoms with Gasteiger partial charge >= 0.3 is 6.09 Å². The summed E-state index contributed by atoms with van der Waals surface area (Å²) in [6.45, 7) is 7.17. The molecule has 42 heavy (non-hydrogen) atoms. The number of hydrogen-bond donors (Lipinski definition) is 2. The Morgan fingerprint density at radius 2 is 1.90 bits per heavy atom. The Labute approximate surface area is 242 Å². The van der Waals surface area contributed by atoms with Gasteiger partial charge in [0.25, 0.3) is 11.5 Å². The van der Waals surface area contributed by atoms with Gasteiger partial charge in [-0.15, -0.1) is 5.10 Å². The number of rotatable bonds is 7. The standard InChI is InChI=1S/C29H34N8O5/c1-17-9-10-18(15-30-17)36-13-7-8-20(27(36)39)32-24-14-21(35(5)28(40)42-29(2,3)4)25-31-16-22(37(25)34-24)26(38)33-19-11-12-23(19)41-6/h7-10,13-16,19,23H,11-12H2,1-6H3,(H,32,34)(H,33,38)/t19?,23-/m0/s1. The molecule has 0 bridgehead atoms. The average molecular weight is 575 g/mol. The number of imidazole rings is 1. The molecule has 0 spiro atoms. The van der Waals surface area contributed by atoms with Crippen LogP contribution in [-0.2, 0) is 9.47 Å². The van der Waals surface area contributed by atoms with Crippen molar-refractivity contribution in [3.8, 4) is 5.69 Å². The molecular formula is C29H34N8O5. The van der Waals surface area contributed by atoms with Crippen molar-refractivity contribution in [2.75, 3.05) is 24.4 Å². The molecule has 4 heterocycles. The molecule has 1 aliphatic rings. The van der Waals surface area contributed by atoms with Crippen molar-refractivity contribution in [3.05, 3.63) is 70.7 Å². The molecule has 0 aliphatic heterocycles. The quantitative estimate of drug-likeness (QED) is 0.338. The Bertz CT molecular complexity index is 1690. The highest BCUT2D eigenvalue weighted by molar-refractivity contribution is 5.96. The van der Waals surface area contributed by atoms with Crippen LogP contribution in [0.15, 0.2) is 53.7 Å². The van der Waals surface area contributed by atoms with Gasteiger partial charge in [-0.3, -0.25) is 24.0 Å². The van der Waals surface area contributed by atoms with Crippen molar-refractivity contribution >= 4 is 34.8 Å². The molecule has 4 aromatic rings. The predicted octanol–water partition coefficient (Wildman–Crippen LogP) is 3.61. The van der Waals surface area contributed by atoms with E-state index in [1.807, 2.05) is 13.0 Å². The Kier molecular flexibility index (Phi) is 7.69. The second kappa shape index (κ2) is 11.2. The van der Waals surface area contributed by atoms with Gasteiger partial charge in [0.05, 0.1) is 35.9 Å². The fourth-order valence-electron chi connectivity index (χ4n) is 4.54. The molecule has 0 saturated heterocycles. The molecule has 2 amide bonds. The molecule has 0 radical (unpaired) electrons. The summed E-state index contributed by atoms with van der Waals surface area (Å²) in [5.74, 6) is -0.186. The maximum Gasteiger partial charge on any atom is 0.414 e. The van der Waals surface area contributed by atoms with Gasteiger partial charge in [-0.05, 0) is 64.8 Å². The molecular weight excluding hydrogens is 540 g/mol. The summed E-state index contributed by atoms with van der Waals surface area (Å²) in [5, 5.41) is 10.6. The number of nitrogens with one attached hydrogen (secondary N) is 2. The van der Waals surface area contributed by atoms with Crippen molar-refractivity contribution < 1.29 is 19.1 Å². The van der Waals surface area contributed by atoms with Crippen LogP contribution in [0.25, 0.3) is 11.3 Å². The van der Waals surface area contributed by atoms with Crippen molar-refractivity contribution in [2.24, 2.45) is 0 Å². The Hall–Kier alpha value is -4.78. The number of ether oxygens (including phenoxy) is 2. The van der Waals surface area contributed by atoms with Gasteiger partial charge in [0.1, 0.15) is 11.3 Å². The third-order valence-electron chi connectivity index (χ3n) is 6.92. The number of fused-ring (bicyclic) bond motifs is 1. The molecule has 0 aromatic carbocycles. The lowest BCUT2D eigenvalue weighted by Crippen LogP contribution is -2.51. The number of aryl methyl sites for hydroxylation is 1. The fourth-order valence-corrected chi connectivity index (χ4v) is 4.54. The van der Waals surface area contributed by atoms with Gasteiger partial charge in [-0.2, -0.15) is 0 Å². The number of aromatic nitrogens is 5. The largest absolute Gasteiger partial charge is 0.443 e. The molecule has 13 heteroatoms. The van der Waals surface area contributed by atoms with Crippen LogP contribution in [0, 0.1) is 6.92 Å². The lowest BCUT2D eigenvalue weighted by molar-refractivity contribution is 0.00718. The second-order valence-electron chi connectivity index (χ2n) is 11.1. The molecule has 2 atom stereocenters. The van der Waals surface area contributed by atoms with Crippen LogP contribution in [0.5, 0.6) is 0 Å². The van der Waals surface area contributed by atoms with Crippen molar-refractivity contribution in [3.63, 3.8) is 0 Å². The lowest BCUT2D eigenvalue weighted by Gasteiger charge is -2.35. The minimum absolute atomic E-state index is 0.0591. The SMILES string of the molecule is CO[C@H]1CCC1NC(=O)c1cnc2c(N(C)C(=O)OC(C)(C)C)cc(Nc3cccn(-c4ccc(C)nc4)c3=O)nn12. The van der Waals surface area contributed by atoms with Gasteiger partial charge in [-0.25, -0.2) is 14.3 Å². The first-order valence-electron chi connectivity index (χ1n) is 13.6. The topological polar surface area (TPSA) is 145 Å². The van der Waals surface area contributed by atoms with E-state index in [2.05, 4.69) is 25.7 Å². The highest BCUT2D eigenvalue weighted by Crippen LogP contribution is 2.27. The summed E-state index contributed by atoms with van der Waals surface area (Å²) in [6, 6.07) is 8.41. The highest BCUT2D eigenvalue weighted by atomic mass is 16.6. The molecule has 1 aliphatic carbocycles. The zero-order chi connectivity index (χ0) is 30.2. The number of hydrogen-bond acceptors (Lipinski definition) is 9. The summed E-state index contributed by atoms with van der Waals surface area (Å²) in [6.07, 6.45) is 5.63. The van der Waals surface area contributed by atoms with E-state index in [1.54, 1.807) is 71.6 Å². The molecule has 1 fully saturated rings. The zero-order valence-electron chi connectivity index (χ0n) is 24.4. The normalized spacial score (nSPS) is 16.5. The van der Waals surface area contributed by atoms with Gasteiger partial charge in [0.15, 0.2) is 17.2 Å². The molecule has 5 rings (SSSR count). The van der Waals surface area contributed by atoms with E-state index in [0.717, 1.165) is 18.5 Å². The Morgan fingerprint density at radius 1 is 1.12 bits per heavy atom. The summed E-state index contributed by atoms with van der Waals surface area (Å²) >= 11 is 0. The van der Waals surface area contributed by atoms with Gasteiger partial charge in [-0.1, -0.05) is 0 Å². The minimum atomic E-state index is -0.739. The molecule has 13 nitrogen and oxygen atoms in total. The third kappa shape index (κ3) is 5.81. The summed E-state index contributed by atoms with van der Waals surface area (Å²) in [4.78, 5) is 49.7. The predicted molar refractivity (Wildman–Crippen MR) is 157 cm³/mol. The van der Waals surface area contributed by atoms with Crippen LogP contribution < -0.4 is 21.1 Å². The summed E-state index contributed by atoms with van der Waals surface area (Å²) in [7, 11) is 3.15. The van der Waals surface area contributed by atoms with Crippen LogP contribution in [0.1, 0.15) is 49.8 Å². The Balaban J connectivity index is 1.55. The molecule has 220 valence electrons. The number of nitrogens with zero attached hydrogens (tertiary/aromatic N) is 6. The van der Waals surface area contributed by atoms with Crippen LogP contribution in [0.2, 0.25) is 0 Å².